The third kappa shape index (κ3) is 3.63. The third-order valence-electron chi connectivity index (χ3n) is 5.96. The van der Waals surface area contributed by atoms with E-state index < -0.39 is 5.54 Å². The highest BCUT2D eigenvalue weighted by Crippen LogP contribution is 2.31. The van der Waals surface area contributed by atoms with E-state index in [1.54, 1.807) is 4.90 Å². The fraction of sp³-hybridized carbons (Fsp3) is 0.348. The lowest BCUT2D eigenvalue weighted by Crippen LogP contribution is -2.55. The predicted molar refractivity (Wildman–Crippen MR) is 114 cm³/mol. The summed E-state index contributed by atoms with van der Waals surface area (Å²) in [5.41, 5.74) is 1.66. The lowest BCUT2D eigenvalue weighted by Gasteiger charge is -2.37. The van der Waals surface area contributed by atoms with Crippen molar-refractivity contribution in [3.63, 3.8) is 0 Å². The molecule has 2 heterocycles. The molecule has 2 aliphatic heterocycles. The SMILES string of the molecule is CN(C)c1ccc(C(=O)N2CCC3(CC2)NC(=O)N(Cc2ccccc2)C3=O)cc1. The van der Waals surface area contributed by atoms with Crippen LogP contribution >= 0.6 is 0 Å². The summed E-state index contributed by atoms with van der Waals surface area (Å²) in [6.45, 7) is 1.12. The normalized spacial score (nSPS) is 17.9. The first-order valence-corrected chi connectivity index (χ1v) is 10.1. The first kappa shape index (κ1) is 19.9. The molecular formula is C23H26N4O3. The molecule has 1 N–H and O–H groups in total. The topological polar surface area (TPSA) is 73.0 Å². The Kier molecular flexibility index (Phi) is 5.20. The Hall–Kier alpha value is -3.35. The molecule has 2 aromatic rings. The molecule has 7 heteroatoms. The number of benzene rings is 2. The zero-order chi connectivity index (χ0) is 21.3. The van der Waals surface area contributed by atoms with Crippen LogP contribution in [0.5, 0.6) is 0 Å². The first-order valence-electron chi connectivity index (χ1n) is 10.1. The molecule has 0 aliphatic carbocycles. The lowest BCUT2D eigenvalue weighted by molar-refractivity contribution is -0.133. The molecule has 0 unspecified atom stereocenters. The summed E-state index contributed by atoms with van der Waals surface area (Å²) >= 11 is 0. The van der Waals surface area contributed by atoms with Crippen molar-refractivity contribution >= 4 is 23.5 Å². The summed E-state index contributed by atoms with van der Waals surface area (Å²) in [6.07, 6.45) is 0.842. The van der Waals surface area contributed by atoms with Gasteiger partial charge in [-0.3, -0.25) is 14.5 Å². The fourth-order valence-electron chi connectivity index (χ4n) is 4.10. The molecule has 0 aromatic heterocycles. The van der Waals surface area contributed by atoms with Crippen molar-refractivity contribution in [3.8, 4) is 0 Å². The van der Waals surface area contributed by atoms with Gasteiger partial charge in [-0.25, -0.2) is 4.79 Å². The average Bonchev–Trinajstić information content (AvgIpc) is 2.98. The van der Waals surface area contributed by atoms with Gasteiger partial charge in [-0.15, -0.1) is 0 Å². The standard InChI is InChI=1S/C23H26N4O3/c1-25(2)19-10-8-18(9-11-19)20(28)26-14-12-23(13-15-26)21(29)27(22(30)24-23)16-17-6-4-3-5-7-17/h3-11H,12-16H2,1-2H3,(H,24,30). The van der Waals surface area contributed by atoms with E-state index >= 15 is 0 Å². The van der Waals surface area contributed by atoms with Gasteiger partial charge in [0.1, 0.15) is 5.54 Å². The molecule has 2 aliphatic rings. The molecule has 0 atom stereocenters. The smallest absolute Gasteiger partial charge is 0.325 e. The monoisotopic (exact) mass is 406 g/mol. The summed E-state index contributed by atoms with van der Waals surface area (Å²) < 4.78 is 0. The molecule has 1 spiro atoms. The Balaban J connectivity index is 1.41. The van der Waals surface area contributed by atoms with Gasteiger partial charge in [-0.05, 0) is 42.7 Å². The van der Waals surface area contributed by atoms with E-state index in [4.69, 9.17) is 0 Å². The van der Waals surface area contributed by atoms with Crippen LogP contribution in [0.2, 0.25) is 0 Å². The van der Waals surface area contributed by atoms with Crippen molar-refractivity contribution in [3.05, 3.63) is 65.7 Å². The van der Waals surface area contributed by atoms with E-state index in [1.807, 2.05) is 73.6 Å². The van der Waals surface area contributed by atoms with Gasteiger partial charge in [0.15, 0.2) is 0 Å². The highest BCUT2D eigenvalue weighted by molar-refractivity contribution is 6.07. The maximum atomic E-state index is 13.1. The van der Waals surface area contributed by atoms with E-state index in [0.717, 1.165) is 11.3 Å². The molecule has 30 heavy (non-hydrogen) atoms. The molecule has 2 fully saturated rings. The molecule has 4 amide bonds. The van der Waals surface area contributed by atoms with Crippen LogP contribution in [-0.4, -0.2) is 60.4 Å². The van der Waals surface area contributed by atoms with Crippen LogP contribution < -0.4 is 10.2 Å². The zero-order valence-corrected chi connectivity index (χ0v) is 17.3. The van der Waals surface area contributed by atoms with E-state index in [-0.39, 0.29) is 24.4 Å². The Morgan fingerprint density at radius 2 is 1.63 bits per heavy atom. The van der Waals surface area contributed by atoms with Crippen LogP contribution in [0.3, 0.4) is 0 Å². The molecule has 2 aromatic carbocycles. The number of carbonyl (C=O) groups excluding carboxylic acids is 3. The van der Waals surface area contributed by atoms with Gasteiger partial charge in [-0.1, -0.05) is 30.3 Å². The second-order valence-corrected chi connectivity index (χ2v) is 8.12. The van der Waals surface area contributed by atoms with E-state index in [9.17, 15) is 14.4 Å². The maximum absolute atomic E-state index is 13.1. The third-order valence-corrected chi connectivity index (χ3v) is 5.96. The van der Waals surface area contributed by atoms with Crippen LogP contribution in [0, 0.1) is 0 Å². The number of urea groups is 1. The summed E-state index contributed by atoms with van der Waals surface area (Å²) in [4.78, 5) is 43.5. The molecule has 156 valence electrons. The van der Waals surface area contributed by atoms with Crippen LogP contribution in [0.4, 0.5) is 10.5 Å². The molecular weight excluding hydrogens is 380 g/mol. The Morgan fingerprint density at radius 3 is 2.23 bits per heavy atom. The van der Waals surface area contributed by atoms with Gasteiger partial charge in [0.2, 0.25) is 0 Å². The molecule has 0 radical (unpaired) electrons. The van der Waals surface area contributed by atoms with Gasteiger partial charge in [0.05, 0.1) is 6.54 Å². The largest absolute Gasteiger partial charge is 0.378 e. The van der Waals surface area contributed by atoms with Crippen molar-refractivity contribution in [1.82, 2.24) is 15.1 Å². The fourth-order valence-corrected chi connectivity index (χ4v) is 4.10. The lowest BCUT2D eigenvalue weighted by atomic mass is 9.87. The number of nitrogens with one attached hydrogen (secondary N) is 1. The maximum Gasteiger partial charge on any atom is 0.325 e. The Labute approximate surface area is 176 Å². The number of amides is 4. The predicted octanol–water partition coefficient (Wildman–Crippen LogP) is 2.48. The minimum Gasteiger partial charge on any atom is -0.378 e. The molecule has 2 saturated heterocycles. The number of imide groups is 1. The number of piperidine rings is 1. The van der Waals surface area contributed by atoms with E-state index in [2.05, 4.69) is 5.32 Å². The second-order valence-electron chi connectivity index (χ2n) is 8.12. The number of hydrogen-bond donors (Lipinski definition) is 1. The molecule has 7 nitrogen and oxygen atoms in total. The molecule has 4 rings (SSSR count). The zero-order valence-electron chi connectivity index (χ0n) is 17.3. The molecule has 0 bridgehead atoms. The first-order chi connectivity index (χ1) is 14.4. The van der Waals surface area contributed by atoms with Crippen LogP contribution in [0.1, 0.15) is 28.8 Å². The van der Waals surface area contributed by atoms with Gasteiger partial charge >= 0.3 is 6.03 Å². The van der Waals surface area contributed by atoms with Crippen molar-refractivity contribution in [1.29, 1.82) is 0 Å². The number of hydrogen-bond acceptors (Lipinski definition) is 4. The summed E-state index contributed by atoms with van der Waals surface area (Å²) in [5, 5.41) is 2.90. The highest BCUT2D eigenvalue weighted by atomic mass is 16.2. The number of anilines is 1. The van der Waals surface area contributed by atoms with Crippen molar-refractivity contribution < 1.29 is 14.4 Å². The summed E-state index contributed by atoms with van der Waals surface area (Å²) in [7, 11) is 3.91. The second kappa shape index (κ2) is 7.82. The average molecular weight is 406 g/mol. The van der Waals surface area contributed by atoms with Gasteiger partial charge in [-0.2, -0.15) is 0 Å². The minimum absolute atomic E-state index is 0.0481. The quantitative estimate of drug-likeness (QED) is 0.792. The van der Waals surface area contributed by atoms with Crippen molar-refractivity contribution in [2.24, 2.45) is 0 Å². The Morgan fingerprint density at radius 1 is 1.00 bits per heavy atom. The van der Waals surface area contributed by atoms with Crippen molar-refractivity contribution in [2.45, 2.75) is 24.9 Å². The molecule has 0 saturated carbocycles. The number of likely N-dealkylation sites (tertiary alicyclic amines) is 1. The number of carbonyl (C=O) groups is 3. The highest BCUT2D eigenvalue weighted by Gasteiger charge is 2.52. The van der Waals surface area contributed by atoms with Gasteiger partial charge in [0.25, 0.3) is 11.8 Å². The summed E-state index contributed by atoms with van der Waals surface area (Å²) in [5.74, 6) is -0.244. The van der Waals surface area contributed by atoms with E-state index in [0.29, 0.717) is 31.5 Å². The number of rotatable bonds is 4. The minimum atomic E-state index is -0.905. The van der Waals surface area contributed by atoms with Crippen LogP contribution in [0.25, 0.3) is 0 Å². The van der Waals surface area contributed by atoms with Crippen molar-refractivity contribution in [2.75, 3.05) is 32.1 Å². The van der Waals surface area contributed by atoms with Gasteiger partial charge < -0.3 is 15.1 Å². The van der Waals surface area contributed by atoms with Crippen LogP contribution in [-0.2, 0) is 11.3 Å². The summed E-state index contributed by atoms with van der Waals surface area (Å²) in [6, 6.07) is 16.6. The van der Waals surface area contributed by atoms with E-state index in [1.165, 1.54) is 4.90 Å². The number of nitrogens with zero attached hydrogens (tertiary/aromatic N) is 3. The van der Waals surface area contributed by atoms with Gasteiger partial charge in [0, 0.05) is 38.4 Å². The van der Waals surface area contributed by atoms with Crippen LogP contribution in [0.15, 0.2) is 54.6 Å². The Bertz CT molecular complexity index is 948.